The van der Waals surface area contributed by atoms with Gasteiger partial charge >= 0.3 is 0 Å². The number of carbonyl (C=O) groups excluding carboxylic acids is 1. The van der Waals surface area contributed by atoms with Crippen LogP contribution in [0.5, 0.6) is 0 Å². The normalized spacial score (nSPS) is 22.0. The van der Waals surface area contributed by atoms with Gasteiger partial charge in [-0.2, -0.15) is 0 Å². The first-order chi connectivity index (χ1) is 10.6. The third-order valence-electron chi connectivity index (χ3n) is 5.02. The highest BCUT2D eigenvalue weighted by molar-refractivity contribution is 5.81. The lowest BCUT2D eigenvalue weighted by atomic mass is 10.1. The van der Waals surface area contributed by atoms with Crippen LogP contribution in [0.3, 0.4) is 0 Å². The maximum absolute atomic E-state index is 12.8. The molecular weight excluding hydrogens is 280 g/mol. The van der Waals surface area contributed by atoms with Gasteiger partial charge in [0, 0.05) is 51.5 Å². The lowest BCUT2D eigenvalue weighted by Crippen LogP contribution is -2.38. The van der Waals surface area contributed by atoms with E-state index in [4.69, 9.17) is 4.98 Å². The number of likely N-dealkylation sites (N-methyl/N-ethyl adjacent to an activating group) is 1. The Balaban J connectivity index is 1.64. The fourth-order valence-corrected chi connectivity index (χ4v) is 3.50. The van der Waals surface area contributed by atoms with Gasteiger partial charge in [-0.25, -0.2) is 4.98 Å². The van der Waals surface area contributed by atoms with E-state index in [-0.39, 0.29) is 17.4 Å². The molecule has 4 rings (SSSR count). The van der Waals surface area contributed by atoms with E-state index < -0.39 is 0 Å². The molecule has 3 heterocycles. The third kappa shape index (κ3) is 2.35. The van der Waals surface area contributed by atoms with E-state index in [1.54, 1.807) is 4.57 Å². The molecule has 1 saturated carbocycles. The highest BCUT2D eigenvalue weighted by atomic mass is 16.2. The Morgan fingerprint density at radius 1 is 1.14 bits per heavy atom. The number of carbonyl (C=O) groups is 1. The summed E-state index contributed by atoms with van der Waals surface area (Å²) in [6.07, 6.45) is 3.60. The molecule has 6 heteroatoms. The second-order valence-electron chi connectivity index (χ2n) is 6.75. The van der Waals surface area contributed by atoms with Crippen molar-refractivity contribution in [3.8, 4) is 0 Å². The number of rotatable bonds is 1. The van der Waals surface area contributed by atoms with E-state index in [1.807, 2.05) is 11.9 Å². The van der Waals surface area contributed by atoms with Gasteiger partial charge in [0.2, 0.25) is 5.91 Å². The van der Waals surface area contributed by atoms with Gasteiger partial charge in [0.25, 0.3) is 5.56 Å². The van der Waals surface area contributed by atoms with Crippen LogP contribution in [0, 0.1) is 5.92 Å². The number of hydrogen-bond donors (Lipinski definition) is 0. The van der Waals surface area contributed by atoms with Crippen molar-refractivity contribution in [1.82, 2.24) is 19.4 Å². The minimum absolute atomic E-state index is 0.104. The van der Waals surface area contributed by atoms with Gasteiger partial charge in [-0.15, -0.1) is 0 Å². The van der Waals surface area contributed by atoms with E-state index in [9.17, 15) is 9.59 Å². The SMILES string of the molecule is CN1CCc2nc3n(c(=O)c2C1)CCN(C(=O)C1CC1)CC3. The average molecular weight is 302 g/mol. The minimum atomic E-state index is 0.104. The molecule has 6 nitrogen and oxygen atoms in total. The van der Waals surface area contributed by atoms with Crippen molar-refractivity contribution in [2.75, 3.05) is 26.7 Å². The van der Waals surface area contributed by atoms with Crippen molar-refractivity contribution in [3.63, 3.8) is 0 Å². The molecule has 1 fully saturated rings. The second kappa shape index (κ2) is 5.19. The topological polar surface area (TPSA) is 58.4 Å². The Morgan fingerprint density at radius 3 is 2.73 bits per heavy atom. The molecule has 0 aromatic carbocycles. The van der Waals surface area contributed by atoms with Crippen LogP contribution in [-0.2, 0) is 30.7 Å². The maximum Gasteiger partial charge on any atom is 0.258 e. The fourth-order valence-electron chi connectivity index (χ4n) is 3.50. The van der Waals surface area contributed by atoms with E-state index >= 15 is 0 Å². The van der Waals surface area contributed by atoms with Crippen molar-refractivity contribution >= 4 is 5.91 Å². The van der Waals surface area contributed by atoms with Crippen LogP contribution >= 0.6 is 0 Å². The molecule has 118 valence electrons. The Labute approximate surface area is 129 Å². The number of fused-ring (bicyclic) bond motifs is 2. The maximum atomic E-state index is 12.8. The summed E-state index contributed by atoms with van der Waals surface area (Å²) in [5, 5.41) is 0. The van der Waals surface area contributed by atoms with Gasteiger partial charge in [-0.05, 0) is 19.9 Å². The summed E-state index contributed by atoms with van der Waals surface area (Å²) in [5.41, 5.74) is 1.92. The molecule has 0 unspecified atom stereocenters. The third-order valence-corrected chi connectivity index (χ3v) is 5.02. The van der Waals surface area contributed by atoms with Crippen molar-refractivity contribution < 1.29 is 4.79 Å². The lowest BCUT2D eigenvalue weighted by Gasteiger charge is -2.25. The van der Waals surface area contributed by atoms with Crippen LogP contribution in [0.1, 0.15) is 29.9 Å². The molecule has 0 saturated heterocycles. The number of hydrogen-bond acceptors (Lipinski definition) is 4. The lowest BCUT2D eigenvalue weighted by molar-refractivity contribution is -0.132. The Bertz CT molecular complexity index is 677. The zero-order valence-corrected chi connectivity index (χ0v) is 13.0. The molecule has 2 aliphatic heterocycles. The summed E-state index contributed by atoms with van der Waals surface area (Å²) in [6, 6.07) is 0. The van der Waals surface area contributed by atoms with Gasteiger partial charge in [-0.1, -0.05) is 0 Å². The summed E-state index contributed by atoms with van der Waals surface area (Å²) >= 11 is 0. The van der Waals surface area contributed by atoms with Crippen LogP contribution in [0.4, 0.5) is 0 Å². The zero-order valence-electron chi connectivity index (χ0n) is 13.0. The molecule has 22 heavy (non-hydrogen) atoms. The van der Waals surface area contributed by atoms with E-state index in [1.165, 1.54) is 0 Å². The smallest absolute Gasteiger partial charge is 0.258 e. The summed E-state index contributed by atoms with van der Waals surface area (Å²) in [5.74, 6) is 1.37. The summed E-state index contributed by atoms with van der Waals surface area (Å²) in [6.45, 7) is 3.55. The fraction of sp³-hybridized carbons (Fsp3) is 0.688. The van der Waals surface area contributed by atoms with E-state index in [0.717, 1.165) is 42.9 Å². The molecule has 1 aliphatic carbocycles. The molecule has 3 aliphatic rings. The first kappa shape index (κ1) is 13.9. The zero-order chi connectivity index (χ0) is 15.3. The number of nitrogens with zero attached hydrogens (tertiary/aromatic N) is 4. The minimum Gasteiger partial charge on any atom is -0.340 e. The van der Waals surface area contributed by atoms with Crippen LogP contribution in [0.2, 0.25) is 0 Å². The van der Waals surface area contributed by atoms with Crippen molar-refractivity contribution in [1.29, 1.82) is 0 Å². The van der Waals surface area contributed by atoms with E-state index in [0.29, 0.717) is 32.6 Å². The van der Waals surface area contributed by atoms with Crippen molar-refractivity contribution in [2.24, 2.45) is 5.92 Å². The average Bonchev–Trinajstić information content (AvgIpc) is 3.34. The molecule has 0 N–H and O–H groups in total. The van der Waals surface area contributed by atoms with Gasteiger partial charge in [0.05, 0.1) is 11.3 Å². The summed E-state index contributed by atoms with van der Waals surface area (Å²) in [4.78, 5) is 33.9. The number of aromatic nitrogens is 2. The molecule has 0 radical (unpaired) electrons. The highest BCUT2D eigenvalue weighted by Gasteiger charge is 2.34. The van der Waals surface area contributed by atoms with Crippen LogP contribution < -0.4 is 5.56 Å². The summed E-state index contributed by atoms with van der Waals surface area (Å²) in [7, 11) is 2.04. The number of amides is 1. The first-order valence-electron chi connectivity index (χ1n) is 8.22. The quantitative estimate of drug-likeness (QED) is 0.734. The molecule has 0 atom stereocenters. The molecule has 1 aromatic rings. The molecule has 1 amide bonds. The Morgan fingerprint density at radius 2 is 1.95 bits per heavy atom. The predicted molar refractivity (Wildman–Crippen MR) is 81.5 cm³/mol. The standard InChI is InChI=1S/C16H22N4O2/c1-18-6-4-13-12(10-18)16(22)20-9-8-19(7-5-14(20)17-13)15(21)11-2-3-11/h11H,2-10H2,1H3. The predicted octanol–water partition coefficient (Wildman–Crippen LogP) is 0.0259. The Kier molecular flexibility index (Phi) is 3.29. The van der Waals surface area contributed by atoms with Gasteiger partial charge in [-0.3, -0.25) is 14.2 Å². The van der Waals surface area contributed by atoms with Crippen molar-refractivity contribution in [3.05, 3.63) is 27.4 Å². The molecule has 1 aromatic heterocycles. The second-order valence-corrected chi connectivity index (χ2v) is 6.75. The van der Waals surface area contributed by atoms with Gasteiger partial charge in [0.15, 0.2) is 0 Å². The van der Waals surface area contributed by atoms with Gasteiger partial charge in [0.1, 0.15) is 5.82 Å². The largest absolute Gasteiger partial charge is 0.340 e. The first-order valence-corrected chi connectivity index (χ1v) is 8.22. The highest BCUT2D eigenvalue weighted by Crippen LogP contribution is 2.31. The van der Waals surface area contributed by atoms with Crippen LogP contribution in [0.25, 0.3) is 0 Å². The molecule has 0 spiro atoms. The monoisotopic (exact) mass is 302 g/mol. The molecular formula is C16H22N4O2. The summed E-state index contributed by atoms with van der Waals surface area (Å²) < 4.78 is 1.80. The van der Waals surface area contributed by atoms with Crippen LogP contribution in [0.15, 0.2) is 4.79 Å². The van der Waals surface area contributed by atoms with Crippen molar-refractivity contribution in [2.45, 2.75) is 38.8 Å². The Hall–Kier alpha value is -1.69. The van der Waals surface area contributed by atoms with Crippen LogP contribution in [-0.4, -0.2) is 51.9 Å². The molecule has 0 bridgehead atoms. The van der Waals surface area contributed by atoms with Gasteiger partial charge < -0.3 is 9.80 Å². The van der Waals surface area contributed by atoms with E-state index in [2.05, 4.69) is 4.90 Å².